The van der Waals surface area contributed by atoms with Crippen molar-refractivity contribution in [1.29, 1.82) is 0 Å². The standard InChI is InChI=1S/C35H38O7/c1-17(2)23-13-24(22-10-8-9-21(12-22)11-18(3)36)30(39)27-19(4)29-32(41)35(42)31(40)28(20(5)37)26(38)15-34(35,7)16-33(29,6)14-25(23)27/h8-10,12-13,17,38-39,41-42H,4,11,14-16H2,1-3,5-7H3/t33-,34+,35+/m1/s1. The Morgan fingerprint density at radius 2 is 1.71 bits per heavy atom. The Morgan fingerprint density at radius 1 is 1.05 bits per heavy atom. The molecule has 3 aliphatic rings. The Balaban J connectivity index is 1.77. The SMILES string of the molecule is C=C1C2=C(O)[C@@]3(O)C(=O)C(C(C)=O)=C(O)C[C@@]3(C)C[C@@]2(C)Cc2c(C(C)C)cc(-c3cccc(CC(C)=O)c3)c(O)c21. The van der Waals surface area contributed by atoms with Crippen molar-refractivity contribution in [3.63, 3.8) is 0 Å². The number of carbonyl (C=O) groups is 3. The average Bonchev–Trinajstić information content (AvgIpc) is 2.85. The van der Waals surface area contributed by atoms with Gasteiger partial charge in [-0.2, -0.15) is 0 Å². The van der Waals surface area contributed by atoms with Crippen molar-refractivity contribution in [2.24, 2.45) is 10.8 Å². The van der Waals surface area contributed by atoms with Crippen molar-refractivity contribution < 1.29 is 34.8 Å². The average molecular weight is 571 g/mol. The highest BCUT2D eigenvalue weighted by molar-refractivity contribution is 6.24. The van der Waals surface area contributed by atoms with E-state index in [-0.39, 0.29) is 48.0 Å². The molecule has 0 fully saturated rings. The number of aliphatic hydroxyl groups is 3. The van der Waals surface area contributed by atoms with Gasteiger partial charge in [0.15, 0.2) is 11.4 Å². The highest BCUT2D eigenvalue weighted by atomic mass is 16.3. The number of aromatic hydroxyl groups is 1. The van der Waals surface area contributed by atoms with Gasteiger partial charge in [-0.3, -0.25) is 14.4 Å². The van der Waals surface area contributed by atoms with E-state index < -0.39 is 39.3 Å². The summed E-state index contributed by atoms with van der Waals surface area (Å²) >= 11 is 0. The first-order valence-electron chi connectivity index (χ1n) is 14.3. The monoisotopic (exact) mass is 570 g/mol. The molecule has 0 aromatic heterocycles. The predicted molar refractivity (Wildman–Crippen MR) is 160 cm³/mol. The lowest BCUT2D eigenvalue weighted by Gasteiger charge is -2.57. The Morgan fingerprint density at radius 3 is 2.31 bits per heavy atom. The van der Waals surface area contributed by atoms with Crippen LogP contribution in [0.15, 0.2) is 59.6 Å². The molecule has 220 valence electrons. The number of carbonyl (C=O) groups excluding carboxylic acids is 3. The van der Waals surface area contributed by atoms with Crippen LogP contribution in [0.1, 0.15) is 82.6 Å². The molecule has 2 aromatic rings. The molecule has 0 heterocycles. The number of hydrogen-bond donors (Lipinski definition) is 4. The van der Waals surface area contributed by atoms with E-state index in [0.29, 0.717) is 23.1 Å². The van der Waals surface area contributed by atoms with Crippen LogP contribution in [0.3, 0.4) is 0 Å². The molecule has 5 rings (SSSR count). The molecule has 3 atom stereocenters. The van der Waals surface area contributed by atoms with Crippen molar-refractivity contribution >= 4 is 22.9 Å². The summed E-state index contributed by atoms with van der Waals surface area (Å²) in [5.41, 5.74) is -0.123. The van der Waals surface area contributed by atoms with Crippen LogP contribution in [-0.4, -0.2) is 43.4 Å². The van der Waals surface area contributed by atoms with Crippen LogP contribution in [0.2, 0.25) is 0 Å². The summed E-state index contributed by atoms with van der Waals surface area (Å²) in [6.07, 6.45) is 0.702. The number of fused-ring (bicyclic) bond motifs is 3. The fourth-order valence-electron chi connectivity index (χ4n) is 7.83. The fourth-order valence-corrected chi connectivity index (χ4v) is 7.83. The Hall–Kier alpha value is -3.97. The first-order valence-corrected chi connectivity index (χ1v) is 14.3. The minimum atomic E-state index is -2.45. The van der Waals surface area contributed by atoms with Crippen LogP contribution in [0, 0.1) is 10.8 Å². The van der Waals surface area contributed by atoms with Crippen LogP contribution in [0.25, 0.3) is 16.7 Å². The van der Waals surface area contributed by atoms with Gasteiger partial charge >= 0.3 is 0 Å². The van der Waals surface area contributed by atoms with Crippen LogP contribution < -0.4 is 0 Å². The second kappa shape index (κ2) is 9.53. The molecule has 0 spiro atoms. The molecule has 4 N–H and O–H groups in total. The molecule has 0 bridgehead atoms. The fraction of sp³-hybridized carbons (Fsp3) is 0.400. The first kappa shape index (κ1) is 29.5. The Labute approximate surface area is 245 Å². The summed E-state index contributed by atoms with van der Waals surface area (Å²) in [7, 11) is 0. The van der Waals surface area contributed by atoms with Crippen molar-refractivity contribution in [2.75, 3.05) is 0 Å². The highest BCUT2D eigenvalue weighted by Crippen LogP contribution is 2.65. The summed E-state index contributed by atoms with van der Waals surface area (Å²) in [5, 5.41) is 46.4. The number of phenols is 1. The van der Waals surface area contributed by atoms with Crippen LogP contribution >= 0.6 is 0 Å². The number of benzene rings is 2. The molecule has 2 aromatic carbocycles. The van der Waals surface area contributed by atoms with Crippen molar-refractivity contribution in [1.82, 2.24) is 0 Å². The molecule has 7 nitrogen and oxygen atoms in total. The zero-order chi connectivity index (χ0) is 31.1. The van der Waals surface area contributed by atoms with Gasteiger partial charge < -0.3 is 20.4 Å². The number of rotatable bonds is 5. The van der Waals surface area contributed by atoms with Crippen molar-refractivity contribution in [3.8, 4) is 16.9 Å². The second-order valence-electron chi connectivity index (χ2n) is 13.2. The molecule has 0 aliphatic heterocycles. The number of phenolic OH excluding ortho intramolecular Hbond substituents is 1. The third kappa shape index (κ3) is 4.01. The molecular weight excluding hydrogens is 532 g/mol. The molecule has 3 aliphatic carbocycles. The molecule has 0 amide bonds. The number of aliphatic hydroxyl groups excluding tert-OH is 2. The molecule has 7 heteroatoms. The number of ketones is 3. The van der Waals surface area contributed by atoms with Crippen LogP contribution in [0.4, 0.5) is 0 Å². The summed E-state index contributed by atoms with van der Waals surface area (Å²) < 4.78 is 0. The number of allylic oxidation sites excluding steroid dienone is 3. The maximum absolute atomic E-state index is 13.7. The molecule has 42 heavy (non-hydrogen) atoms. The molecule has 0 radical (unpaired) electrons. The quantitative estimate of drug-likeness (QED) is 0.314. The van der Waals surface area contributed by atoms with Gasteiger partial charge in [-0.25, -0.2) is 0 Å². The predicted octanol–water partition coefficient (Wildman–Crippen LogP) is 6.22. The lowest BCUT2D eigenvalue weighted by atomic mass is 9.48. The zero-order valence-corrected chi connectivity index (χ0v) is 25.0. The topological polar surface area (TPSA) is 132 Å². The summed E-state index contributed by atoms with van der Waals surface area (Å²) in [6.45, 7) is 14.7. The summed E-state index contributed by atoms with van der Waals surface area (Å²) in [5.74, 6) is -2.66. The highest BCUT2D eigenvalue weighted by Gasteiger charge is 2.67. The Kier molecular flexibility index (Phi) is 6.70. The summed E-state index contributed by atoms with van der Waals surface area (Å²) in [4.78, 5) is 37.7. The third-order valence-corrected chi connectivity index (χ3v) is 9.52. The van der Waals surface area contributed by atoms with Gasteiger partial charge in [0.25, 0.3) is 0 Å². The van der Waals surface area contributed by atoms with Gasteiger partial charge in [0.05, 0.1) is 0 Å². The number of hydrogen-bond acceptors (Lipinski definition) is 7. The van der Waals surface area contributed by atoms with Crippen molar-refractivity contribution in [2.45, 2.75) is 78.7 Å². The van der Waals surface area contributed by atoms with E-state index in [2.05, 4.69) is 20.4 Å². The maximum atomic E-state index is 13.7. The third-order valence-electron chi connectivity index (χ3n) is 9.52. The second-order valence-corrected chi connectivity index (χ2v) is 13.2. The lowest BCUT2D eigenvalue weighted by molar-refractivity contribution is -0.158. The summed E-state index contributed by atoms with van der Waals surface area (Å²) in [6, 6.07) is 9.40. The minimum absolute atomic E-state index is 0.0235. The lowest BCUT2D eigenvalue weighted by Crippen LogP contribution is -2.63. The van der Waals surface area contributed by atoms with Crippen LogP contribution in [0.5, 0.6) is 5.75 Å². The van der Waals surface area contributed by atoms with Gasteiger partial charge in [0, 0.05) is 40.4 Å². The van der Waals surface area contributed by atoms with Crippen molar-refractivity contribution in [3.05, 3.63) is 81.8 Å². The van der Waals surface area contributed by atoms with E-state index in [9.17, 15) is 34.8 Å². The number of Topliss-reactive ketones (excluding diaryl/α,β-unsaturated/α-hetero) is 3. The van der Waals surface area contributed by atoms with E-state index in [1.54, 1.807) is 6.92 Å². The molecular formula is C35H38O7. The van der Waals surface area contributed by atoms with E-state index in [1.807, 2.05) is 37.3 Å². The molecule has 0 saturated carbocycles. The maximum Gasteiger partial charge on any atom is 0.209 e. The normalized spacial score (nSPS) is 27.1. The van der Waals surface area contributed by atoms with E-state index in [4.69, 9.17) is 0 Å². The largest absolute Gasteiger partial charge is 0.511 e. The minimum Gasteiger partial charge on any atom is -0.511 e. The van der Waals surface area contributed by atoms with Gasteiger partial charge in [-0.15, -0.1) is 0 Å². The first-order chi connectivity index (χ1) is 19.5. The van der Waals surface area contributed by atoms with Crippen LogP contribution in [-0.2, 0) is 27.2 Å². The molecule has 0 unspecified atom stereocenters. The van der Waals surface area contributed by atoms with E-state index >= 15 is 0 Å². The van der Waals surface area contributed by atoms with Gasteiger partial charge in [0.1, 0.15) is 28.6 Å². The zero-order valence-electron chi connectivity index (χ0n) is 25.0. The molecule has 0 saturated heterocycles. The van der Waals surface area contributed by atoms with Gasteiger partial charge in [-0.05, 0) is 66.5 Å². The van der Waals surface area contributed by atoms with E-state index in [1.165, 1.54) is 6.92 Å². The van der Waals surface area contributed by atoms with Gasteiger partial charge in [0.2, 0.25) is 5.78 Å². The van der Waals surface area contributed by atoms with E-state index in [0.717, 1.165) is 29.2 Å². The smallest absolute Gasteiger partial charge is 0.209 e. The van der Waals surface area contributed by atoms with Gasteiger partial charge in [-0.1, -0.05) is 58.5 Å². The Bertz CT molecular complexity index is 1670.